The van der Waals surface area contributed by atoms with Crippen molar-refractivity contribution in [2.75, 3.05) is 0 Å². The van der Waals surface area contributed by atoms with Crippen LogP contribution in [0.5, 0.6) is 0 Å². The molecule has 4 aromatic rings. The highest BCUT2D eigenvalue weighted by Crippen LogP contribution is 2.30. The predicted molar refractivity (Wildman–Crippen MR) is 212 cm³/mol. The highest BCUT2D eigenvalue weighted by molar-refractivity contribution is 6.05. The zero-order chi connectivity index (χ0) is 39.2. The molecule has 6 rings (SSSR count). The lowest BCUT2D eigenvalue weighted by molar-refractivity contribution is -0.131. The van der Waals surface area contributed by atoms with Crippen molar-refractivity contribution in [3.8, 4) is 22.3 Å². The zero-order valence-corrected chi connectivity index (χ0v) is 32.7. The Morgan fingerprint density at radius 2 is 1.02 bits per heavy atom. The van der Waals surface area contributed by atoms with E-state index in [4.69, 9.17) is 9.47 Å². The van der Waals surface area contributed by atoms with Crippen molar-refractivity contribution in [1.29, 1.82) is 0 Å². The second-order valence-corrected chi connectivity index (χ2v) is 16.1. The highest BCUT2D eigenvalue weighted by atomic mass is 16.6. The van der Waals surface area contributed by atoms with Crippen LogP contribution in [-0.4, -0.2) is 57.1 Å². The van der Waals surface area contributed by atoms with E-state index in [0.717, 1.165) is 27.8 Å². The van der Waals surface area contributed by atoms with Crippen molar-refractivity contribution in [2.45, 2.75) is 97.9 Å². The van der Waals surface area contributed by atoms with E-state index in [-0.39, 0.29) is 29.8 Å². The van der Waals surface area contributed by atoms with Gasteiger partial charge in [0.05, 0.1) is 6.04 Å². The lowest BCUT2D eigenvalue weighted by Gasteiger charge is -2.27. The van der Waals surface area contributed by atoms with Gasteiger partial charge in [-0.05, 0) is 101 Å². The fraction of sp³-hybridized carbons (Fsp3) is 0.348. The van der Waals surface area contributed by atoms with E-state index >= 15 is 0 Å². The van der Waals surface area contributed by atoms with Gasteiger partial charge in [-0.3, -0.25) is 9.59 Å². The smallest absolute Gasteiger partial charge is 0.417 e. The average molecular weight is 729 g/mol. The van der Waals surface area contributed by atoms with Gasteiger partial charge in [0.1, 0.15) is 11.2 Å². The molecule has 1 unspecified atom stereocenters. The predicted octanol–water partition coefficient (Wildman–Crippen LogP) is 10.1. The summed E-state index contributed by atoms with van der Waals surface area (Å²) in [5.74, 6) is -0.587. The Morgan fingerprint density at radius 1 is 0.611 bits per heavy atom. The van der Waals surface area contributed by atoms with Gasteiger partial charge in [-0.25, -0.2) is 19.4 Å². The molecule has 2 aliphatic rings. The number of imide groups is 2. The fourth-order valence-electron chi connectivity index (χ4n) is 6.65. The SMILES string of the molecule is CC1=C[C@@H](Cc2ccc(-c3ccccc3)cc2)N(C(=O)OC(C)(C)C)C1=O.CC1C[C@@H](Cc2ccc(-c3ccccc3)cc2)N(C(=O)OC(C)(C)C)C1=O. The number of likely N-dealkylation sites (tertiary alicyclic amines) is 1. The average Bonchev–Trinajstić information content (AvgIpc) is 3.56. The third-order valence-corrected chi connectivity index (χ3v) is 9.20. The number of rotatable bonds is 6. The maximum atomic E-state index is 12.5. The summed E-state index contributed by atoms with van der Waals surface area (Å²) >= 11 is 0. The summed E-state index contributed by atoms with van der Waals surface area (Å²) in [5, 5.41) is 0. The summed E-state index contributed by atoms with van der Waals surface area (Å²) in [7, 11) is 0. The van der Waals surface area contributed by atoms with Crippen LogP contribution < -0.4 is 0 Å². The molecule has 0 aromatic heterocycles. The summed E-state index contributed by atoms with van der Waals surface area (Å²) in [5.41, 5.74) is 6.10. The van der Waals surface area contributed by atoms with Gasteiger partial charge in [-0.1, -0.05) is 122 Å². The first-order chi connectivity index (χ1) is 25.5. The van der Waals surface area contributed by atoms with Crippen LogP contribution in [0.15, 0.2) is 121 Å². The Morgan fingerprint density at radius 3 is 1.46 bits per heavy atom. The number of ether oxygens (including phenoxy) is 2. The molecule has 4 amide bonds. The molecule has 8 nitrogen and oxygen atoms in total. The van der Waals surface area contributed by atoms with Crippen LogP contribution in [0.3, 0.4) is 0 Å². The number of nitrogens with zero attached hydrogens (tertiary/aromatic N) is 2. The molecule has 0 N–H and O–H groups in total. The lowest BCUT2D eigenvalue weighted by Crippen LogP contribution is -2.44. The van der Waals surface area contributed by atoms with E-state index in [1.165, 1.54) is 15.4 Å². The molecule has 0 bridgehead atoms. The lowest BCUT2D eigenvalue weighted by atomic mass is 9.98. The Labute approximate surface area is 319 Å². The second-order valence-electron chi connectivity index (χ2n) is 16.1. The third-order valence-electron chi connectivity index (χ3n) is 9.20. The second kappa shape index (κ2) is 16.7. The van der Waals surface area contributed by atoms with Gasteiger partial charge in [-0.15, -0.1) is 0 Å². The van der Waals surface area contributed by atoms with E-state index in [1.54, 1.807) is 27.7 Å². The first kappa shape index (κ1) is 39.7. The summed E-state index contributed by atoms with van der Waals surface area (Å²) in [6, 6.07) is 36.4. The van der Waals surface area contributed by atoms with Gasteiger partial charge in [0.2, 0.25) is 5.91 Å². The quantitative estimate of drug-likeness (QED) is 0.196. The van der Waals surface area contributed by atoms with Crippen LogP contribution in [0, 0.1) is 5.92 Å². The molecule has 282 valence electrons. The Bertz CT molecular complexity index is 1930. The molecule has 1 fully saturated rings. The van der Waals surface area contributed by atoms with Crippen LogP contribution in [0.25, 0.3) is 22.3 Å². The number of carbonyl (C=O) groups is 4. The molecule has 2 aliphatic heterocycles. The molecule has 0 radical (unpaired) electrons. The van der Waals surface area contributed by atoms with E-state index < -0.39 is 23.4 Å². The van der Waals surface area contributed by atoms with Crippen molar-refractivity contribution in [3.63, 3.8) is 0 Å². The monoisotopic (exact) mass is 728 g/mol. The van der Waals surface area contributed by atoms with Gasteiger partial charge in [-0.2, -0.15) is 0 Å². The van der Waals surface area contributed by atoms with Crippen molar-refractivity contribution >= 4 is 24.0 Å². The molecule has 54 heavy (non-hydrogen) atoms. The molecule has 3 atom stereocenters. The minimum atomic E-state index is -0.643. The third kappa shape index (κ3) is 10.3. The molecule has 0 saturated carbocycles. The maximum absolute atomic E-state index is 12.5. The number of hydrogen-bond donors (Lipinski definition) is 0. The van der Waals surface area contributed by atoms with Crippen LogP contribution in [0.4, 0.5) is 9.59 Å². The van der Waals surface area contributed by atoms with Crippen LogP contribution in [0.2, 0.25) is 0 Å². The highest BCUT2D eigenvalue weighted by Gasteiger charge is 2.43. The first-order valence-corrected chi connectivity index (χ1v) is 18.6. The largest absolute Gasteiger partial charge is 0.443 e. The molecule has 4 aromatic carbocycles. The molecule has 0 spiro atoms. The van der Waals surface area contributed by atoms with Crippen LogP contribution in [0.1, 0.15) is 72.9 Å². The molecule has 0 aliphatic carbocycles. The fourth-order valence-corrected chi connectivity index (χ4v) is 6.65. The van der Waals surface area contributed by atoms with Crippen molar-refractivity contribution < 1.29 is 28.7 Å². The van der Waals surface area contributed by atoms with Crippen LogP contribution in [-0.2, 0) is 31.9 Å². The maximum Gasteiger partial charge on any atom is 0.417 e. The molecule has 1 saturated heterocycles. The topological polar surface area (TPSA) is 93.2 Å². The summed E-state index contributed by atoms with van der Waals surface area (Å²) in [6.07, 6.45) is 2.59. The molecule has 2 heterocycles. The first-order valence-electron chi connectivity index (χ1n) is 18.6. The summed E-state index contributed by atoms with van der Waals surface area (Å²) in [4.78, 5) is 52.5. The minimum absolute atomic E-state index is 0.143. The van der Waals surface area contributed by atoms with Crippen molar-refractivity contribution in [1.82, 2.24) is 9.80 Å². The molecular weight excluding hydrogens is 677 g/mol. The van der Waals surface area contributed by atoms with E-state index in [0.29, 0.717) is 24.8 Å². The summed E-state index contributed by atoms with van der Waals surface area (Å²) in [6.45, 7) is 14.4. The van der Waals surface area contributed by atoms with Gasteiger partial charge in [0.15, 0.2) is 0 Å². The standard InChI is InChI=1S/C23H27NO3.C23H25NO3/c2*1-16-14-20(24(21(16)25)22(26)27-23(2,3)4)15-17-10-12-19(13-11-17)18-8-6-5-7-9-18/h5-13,16,20H,14-15H2,1-4H3;5-14,20H,15H2,1-4H3/t16?,20-;20-/m00/s1. The van der Waals surface area contributed by atoms with Crippen LogP contribution >= 0.6 is 0 Å². The number of benzene rings is 4. The van der Waals surface area contributed by atoms with Gasteiger partial charge in [0, 0.05) is 17.5 Å². The van der Waals surface area contributed by atoms with Crippen molar-refractivity contribution in [3.05, 3.63) is 132 Å². The number of carbonyl (C=O) groups excluding carboxylic acids is 4. The van der Waals surface area contributed by atoms with E-state index in [1.807, 2.05) is 82.3 Å². The Balaban J connectivity index is 0.000000208. The Kier molecular flexibility index (Phi) is 12.3. The van der Waals surface area contributed by atoms with Gasteiger partial charge >= 0.3 is 12.2 Å². The van der Waals surface area contributed by atoms with E-state index in [9.17, 15) is 19.2 Å². The summed E-state index contributed by atoms with van der Waals surface area (Å²) < 4.78 is 10.9. The zero-order valence-electron chi connectivity index (χ0n) is 32.7. The number of amides is 4. The van der Waals surface area contributed by atoms with Crippen molar-refractivity contribution in [2.24, 2.45) is 5.92 Å². The van der Waals surface area contributed by atoms with Gasteiger partial charge in [0.25, 0.3) is 5.91 Å². The normalized spacial score (nSPS) is 18.5. The molecule has 8 heteroatoms. The van der Waals surface area contributed by atoms with Gasteiger partial charge < -0.3 is 9.47 Å². The number of hydrogen-bond acceptors (Lipinski definition) is 6. The minimum Gasteiger partial charge on any atom is -0.443 e. The molecular formula is C46H52N2O6. The van der Waals surface area contributed by atoms with E-state index in [2.05, 4.69) is 60.7 Å². The Hall–Kier alpha value is -5.50.